The lowest BCUT2D eigenvalue weighted by molar-refractivity contribution is 0.233. The quantitative estimate of drug-likeness (QED) is 0.512. The molecule has 1 rings (SSSR count). The minimum absolute atomic E-state index is 0.0929. The third-order valence-corrected chi connectivity index (χ3v) is 2.26. The Labute approximate surface area is 56.5 Å². The van der Waals surface area contributed by atoms with E-state index in [9.17, 15) is 4.39 Å². The van der Waals surface area contributed by atoms with Gasteiger partial charge < -0.3 is 0 Å². The summed E-state index contributed by atoms with van der Waals surface area (Å²) >= 11 is 0. The molecule has 0 radical (unpaired) electrons. The second-order valence-electron chi connectivity index (χ2n) is 3.29. The zero-order valence-corrected chi connectivity index (χ0v) is 6.07. The van der Waals surface area contributed by atoms with E-state index in [1.807, 2.05) is 0 Å². The molecule has 2 unspecified atom stereocenters. The SMILES string of the molecule is CC1CCCC(CF)C1. The minimum Gasteiger partial charge on any atom is -0.251 e. The van der Waals surface area contributed by atoms with Crippen LogP contribution in [0.2, 0.25) is 0 Å². The van der Waals surface area contributed by atoms with Gasteiger partial charge in [-0.05, 0) is 24.7 Å². The van der Waals surface area contributed by atoms with Crippen LogP contribution < -0.4 is 0 Å². The molecule has 1 aliphatic carbocycles. The predicted octanol–water partition coefficient (Wildman–Crippen LogP) is 2.78. The first kappa shape index (κ1) is 7.04. The molecule has 1 aliphatic rings. The number of alkyl halides is 1. The third kappa shape index (κ3) is 1.96. The Bertz CT molecular complexity index is 80.6. The first-order chi connectivity index (χ1) is 4.33. The van der Waals surface area contributed by atoms with Crippen LogP contribution in [0.15, 0.2) is 0 Å². The van der Waals surface area contributed by atoms with Crippen LogP contribution in [0.3, 0.4) is 0 Å². The summed E-state index contributed by atoms with van der Waals surface area (Å²) < 4.78 is 12.1. The predicted molar refractivity (Wildman–Crippen MR) is 37.1 cm³/mol. The van der Waals surface area contributed by atoms with E-state index >= 15 is 0 Å². The van der Waals surface area contributed by atoms with E-state index in [0.717, 1.165) is 18.8 Å². The van der Waals surface area contributed by atoms with Crippen LogP contribution in [0.5, 0.6) is 0 Å². The second-order valence-corrected chi connectivity index (χ2v) is 3.29. The molecular formula is C8H15F. The monoisotopic (exact) mass is 130 g/mol. The molecule has 0 heterocycles. The van der Waals surface area contributed by atoms with E-state index in [2.05, 4.69) is 6.92 Å². The van der Waals surface area contributed by atoms with E-state index in [-0.39, 0.29) is 6.67 Å². The van der Waals surface area contributed by atoms with Gasteiger partial charge in [0.25, 0.3) is 0 Å². The summed E-state index contributed by atoms with van der Waals surface area (Å²) in [5.41, 5.74) is 0. The van der Waals surface area contributed by atoms with Crippen molar-refractivity contribution in [2.75, 3.05) is 6.67 Å². The van der Waals surface area contributed by atoms with E-state index < -0.39 is 0 Å². The molecule has 0 aliphatic heterocycles. The molecule has 1 saturated carbocycles. The summed E-state index contributed by atoms with van der Waals surface area (Å²) in [5.74, 6) is 1.17. The molecule has 2 atom stereocenters. The largest absolute Gasteiger partial charge is 0.251 e. The standard InChI is InChI=1S/C8H15F/c1-7-3-2-4-8(5-7)6-9/h7-8H,2-6H2,1H3. The highest BCUT2D eigenvalue weighted by Crippen LogP contribution is 2.28. The molecule has 1 fully saturated rings. The van der Waals surface area contributed by atoms with E-state index in [0.29, 0.717) is 5.92 Å². The van der Waals surface area contributed by atoms with E-state index in [1.54, 1.807) is 0 Å². The summed E-state index contributed by atoms with van der Waals surface area (Å²) in [5, 5.41) is 0. The Morgan fingerprint density at radius 3 is 2.67 bits per heavy atom. The maximum Gasteiger partial charge on any atom is 0.0922 e. The Balaban J connectivity index is 2.23. The maximum absolute atomic E-state index is 12.1. The topological polar surface area (TPSA) is 0 Å². The molecule has 54 valence electrons. The third-order valence-electron chi connectivity index (χ3n) is 2.26. The lowest BCUT2D eigenvalue weighted by atomic mass is 9.83. The Hall–Kier alpha value is -0.0700. The average Bonchev–Trinajstić information content (AvgIpc) is 1.88. The van der Waals surface area contributed by atoms with Crippen molar-refractivity contribution in [1.82, 2.24) is 0 Å². The fourth-order valence-electron chi connectivity index (χ4n) is 1.70. The van der Waals surface area contributed by atoms with Crippen molar-refractivity contribution in [3.05, 3.63) is 0 Å². The van der Waals surface area contributed by atoms with Crippen LogP contribution in [-0.2, 0) is 0 Å². The highest BCUT2D eigenvalue weighted by atomic mass is 19.1. The summed E-state index contributed by atoms with van der Waals surface area (Å²) in [7, 11) is 0. The van der Waals surface area contributed by atoms with Crippen LogP contribution in [0, 0.1) is 11.8 Å². The van der Waals surface area contributed by atoms with Gasteiger partial charge in [0.15, 0.2) is 0 Å². The number of halogens is 1. The van der Waals surface area contributed by atoms with Crippen molar-refractivity contribution in [3.8, 4) is 0 Å². The van der Waals surface area contributed by atoms with E-state index in [1.165, 1.54) is 12.8 Å². The minimum atomic E-state index is -0.0929. The van der Waals surface area contributed by atoms with Gasteiger partial charge in [0.2, 0.25) is 0 Å². The van der Waals surface area contributed by atoms with Crippen molar-refractivity contribution >= 4 is 0 Å². The molecule has 0 bridgehead atoms. The summed E-state index contributed by atoms with van der Waals surface area (Å²) in [6.45, 7) is 2.13. The van der Waals surface area contributed by atoms with Gasteiger partial charge in [-0.1, -0.05) is 19.8 Å². The Morgan fingerprint density at radius 2 is 2.22 bits per heavy atom. The van der Waals surface area contributed by atoms with Crippen LogP contribution in [0.1, 0.15) is 32.6 Å². The van der Waals surface area contributed by atoms with Gasteiger partial charge in [0.1, 0.15) is 0 Å². The Kier molecular flexibility index (Phi) is 2.49. The highest BCUT2D eigenvalue weighted by molar-refractivity contribution is 4.69. The molecule has 9 heavy (non-hydrogen) atoms. The average molecular weight is 130 g/mol. The fourth-order valence-corrected chi connectivity index (χ4v) is 1.70. The van der Waals surface area contributed by atoms with E-state index in [4.69, 9.17) is 0 Å². The van der Waals surface area contributed by atoms with Gasteiger partial charge in [-0.15, -0.1) is 0 Å². The van der Waals surface area contributed by atoms with Gasteiger partial charge in [0.05, 0.1) is 6.67 Å². The molecule has 0 aromatic carbocycles. The maximum atomic E-state index is 12.1. The molecule has 0 aromatic rings. The van der Waals surface area contributed by atoms with Crippen molar-refractivity contribution in [1.29, 1.82) is 0 Å². The molecular weight excluding hydrogens is 115 g/mol. The van der Waals surface area contributed by atoms with Crippen molar-refractivity contribution in [2.45, 2.75) is 32.6 Å². The molecule has 0 spiro atoms. The van der Waals surface area contributed by atoms with Crippen LogP contribution in [0.4, 0.5) is 4.39 Å². The van der Waals surface area contributed by atoms with Crippen LogP contribution in [0.25, 0.3) is 0 Å². The second kappa shape index (κ2) is 3.19. The lowest BCUT2D eigenvalue weighted by Gasteiger charge is -2.23. The van der Waals surface area contributed by atoms with Crippen molar-refractivity contribution in [2.24, 2.45) is 11.8 Å². The number of rotatable bonds is 1. The van der Waals surface area contributed by atoms with Crippen LogP contribution in [-0.4, -0.2) is 6.67 Å². The molecule has 0 nitrogen and oxygen atoms in total. The summed E-state index contributed by atoms with van der Waals surface area (Å²) in [6.07, 6.45) is 4.81. The smallest absolute Gasteiger partial charge is 0.0922 e. The zero-order valence-electron chi connectivity index (χ0n) is 6.07. The first-order valence-electron chi connectivity index (χ1n) is 3.89. The zero-order chi connectivity index (χ0) is 6.69. The number of hydrogen-bond acceptors (Lipinski definition) is 0. The molecule has 0 N–H and O–H groups in total. The number of hydrogen-bond donors (Lipinski definition) is 0. The summed E-state index contributed by atoms with van der Waals surface area (Å²) in [4.78, 5) is 0. The molecule has 1 heteroatoms. The Morgan fingerprint density at radius 1 is 1.44 bits per heavy atom. The fraction of sp³-hybridized carbons (Fsp3) is 1.00. The van der Waals surface area contributed by atoms with Crippen LogP contribution >= 0.6 is 0 Å². The van der Waals surface area contributed by atoms with Gasteiger partial charge in [-0.25, -0.2) is 0 Å². The van der Waals surface area contributed by atoms with Gasteiger partial charge in [0, 0.05) is 0 Å². The highest BCUT2D eigenvalue weighted by Gasteiger charge is 2.17. The van der Waals surface area contributed by atoms with Gasteiger partial charge in [-0.3, -0.25) is 4.39 Å². The molecule has 0 aromatic heterocycles. The lowest BCUT2D eigenvalue weighted by Crippen LogP contribution is -2.14. The van der Waals surface area contributed by atoms with Gasteiger partial charge in [-0.2, -0.15) is 0 Å². The molecule has 0 saturated heterocycles. The van der Waals surface area contributed by atoms with Gasteiger partial charge >= 0.3 is 0 Å². The normalized spacial score (nSPS) is 36.7. The summed E-state index contributed by atoms with van der Waals surface area (Å²) in [6, 6.07) is 0. The molecule has 0 amide bonds. The van der Waals surface area contributed by atoms with Crippen molar-refractivity contribution in [3.63, 3.8) is 0 Å². The van der Waals surface area contributed by atoms with Crippen molar-refractivity contribution < 1.29 is 4.39 Å². The first-order valence-corrected chi connectivity index (χ1v) is 3.89.